The van der Waals surface area contributed by atoms with Crippen molar-refractivity contribution in [3.8, 4) is 0 Å². The minimum atomic E-state index is -0.275. The summed E-state index contributed by atoms with van der Waals surface area (Å²) in [6.07, 6.45) is 2.98. The molecule has 3 saturated heterocycles. The summed E-state index contributed by atoms with van der Waals surface area (Å²) in [6.45, 7) is 5.98. The number of carbonyl (C=O) groups excluding carboxylic acids is 3. The summed E-state index contributed by atoms with van der Waals surface area (Å²) in [5.74, 6) is 0.361. The molecule has 0 radical (unpaired) electrons. The molecule has 3 aliphatic rings. The second-order valence-electron chi connectivity index (χ2n) is 6.93. The molecular formula is C17H27N3O4. The smallest absolute Gasteiger partial charge is 0.251 e. The van der Waals surface area contributed by atoms with E-state index in [1.807, 2.05) is 14.7 Å². The van der Waals surface area contributed by atoms with Crippen LogP contribution in [0.15, 0.2) is 0 Å². The molecule has 1 unspecified atom stereocenters. The quantitative estimate of drug-likeness (QED) is 0.716. The van der Waals surface area contributed by atoms with Gasteiger partial charge in [0.15, 0.2) is 0 Å². The molecule has 0 aromatic carbocycles. The molecule has 0 bridgehead atoms. The lowest BCUT2D eigenvalue weighted by Gasteiger charge is -2.39. The molecule has 7 heteroatoms. The number of nitrogens with zero attached hydrogens (tertiary/aromatic N) is 3. The highest BCUT2D eigenvalue weighted by Gasteiger charge is 2.34. The number of amides is 3. The van der Waals surface area contributed by atoms with E-state index >= 15 is 0 Å². The first-order chi connectivity index (χ1) is 11.6. The number of hydrogen-bond donors (Lipinski definition) is 0. The number of piperidine rings is 1. The number of rotatable bonds is 2. The summed E-state index contributed by atoms with van der Waals surface area (Å²) in [5.41, 5.74) is 0. The maximum atomic E-state index is 12.7. The first-order valence-corrected chi connectivity index (χ1v) is 9.01. The minimum absolute atomic E-state index is 0.0148. The average Bonchev–Trinajstić information content (AvgIpc) is 3.15. The molecule has 3 heterocycles. The van der Waals surface area contributed by atoms with E-state index in [9.17, 15) is 14.4 Å². The van der Waals surface area contributed by atoms with Crippen LogP contribution in [0.3, 0.4) is 0 Å². The van der Waals surface area contributed by atoms with E-state index in [-0.39, 0.29) is 29.7 Å². The van der Waals surface area contributed by atoms with Crippen LogP contribution < -0.4 is 0 Å². The third-order valence-electron chi connectivity index (χ3n) is 5.40. The third-order valence-corrected chi connectivity index (χ3v) is 5.40. The molecular weight excluding hydrogens is 310 g/mol. The molecule has 1 atom stereocenters. The summed E-state index contributed by atoms with van der Waals surface area (Å²) in [7, 11) is 0. The van der Waals surface area contributed by atoms with Crippen molar-refractivity contribution in [2.24, 2.45) is 5.92 Å². The fourth-order valence-corrected chi connectivity index (χ4v) is 3.82. The summed E-state index contributed by atoms with van der Waals surface area (Å²) in [6, 6.07) is 0. The van der Waals surface area contributed by atoms with E-state index < -0.39 is 0 Å². The van der Waals surface area contributed by atoms with Crippen LogP contribution in [0.2, 0.25) is 0 Å². The maximum absolute atomic E-state index is 12.7. The van der Waals surface area contributed by atoms with Crippen LogP contribution in [0.4, 0.5) is 0 Å². The van der Waals surface area contributed by atoms with E-state index in [1.165, 1.54) is 0 Å². The first kappa shape index (κ1) is 17.2. The Morgan fingerprint density at radius 3 is 1.88 bits per heavy atom. The van der Waals surface area contributed by atoms with E-state index in [1.54, 1.807) is 6.92 Å². The van der Waals surface area contributed by atoms with E-state index in [2.05, 4.69) is 0 Å². The van der Waals surface area contributed by atoms with Gasteiger partial charge in [-0.15, -0.1) is 0 Å². The summed E-state index contributed by atoms with van der Waals surface area (Å²) in [4.78, 5) is 41.9. The molecule has 3 amide bonds. The van der Waals surface area contributed by atoms with Crippen molar-refractivity contribution >= 4 is 17.7 Å². The highest BCUT2D eigenvalue weighted by molar-refractivity contribution is 5.82. The molecule has 0 aliphatic carbocycles. The average molecular weight is 337 g/mol. The van der Waals surface area contributed by atoms with Gasteiger partial charge in [0, 0.05) is 58.7 Å². The molecule has 24 heavy (non-hydrogen) atoms. The van der Waals surface area contributed by atoms with Crippen LogP contribution in [0.1, 0.15) is 32.6 Å². The zero-order valence-electron chi connectivity index (χ0n) is 14.4. The van der Waals surface area contributed by atoms with Crippen LogP contribution in [-0.4, -0.2) is 84.4 Å². The third kappa shape index (κ3) is 3.71. The Morgan fingerprint density at radius 2 is 1.38 bits per heavy atom. The van der Waals surface area contributed by atoms with Gasteiger partial charge >= 0.3 is 0 Å². The Bertz CT molecular complexity index is 488. The predicted octanol–water partition coefficient (Wildman–Crippen LogP) is 0.0947. The Balaban J connectivity index is 1.45. The topological polar surface area (TPSA) is 70.2 Å². The van der Waals surface area contributed by atoms with Crippen LogP contribution in [0, 0.1) is 5.92 Å². The number of hydrogen-bond acceptors (Lipinski definition) is 4. The molecule has 3 aliphatic heterocycles. The lowest BCUT2D eigenvalue weighted by molar-refractivity contribution is -0.148. The first-order valence-electron chi connectivity index (χ1n) is 9.01. The van der Waals surface area contributed by atoms with Gasteiger partial charge in [0.2, 0.25) is 11.8 Å². The number of carbonyl (C=O) groups is 3. The van der Waals surface area contributed by atoms with Crippen molar-refractivity contribution < 1.29 is 19.1 Å². The summed E-state index contributed by atoms with van der Waals surface area (Å²) < 4.78 is 5.46. The van der Waals surface area contributed by atoms with Crippen molar-refractivity contribution in [3.05, 3.63) is 0 Å². The highest BCUT2D eigenvalue weighted by atomic mass is 16.5. The van der Waals surface area contributed by atoms with E-state index in [4.69, 9.17) is 4.74 Å². The monoisotopic (exact) mass is 337 g/mol. The fourth-order valence-electron chi connectivity index (χ4n) is 3.82. The van der Waals surface area contributed by atoms with Crippen LogP contribution in [-0.2, 0) is 19.1 Å². The normalized spacial score (nSPS) is 25.9. The molecule has 0 aromatic rings. The van der Waals surface area contributed by atoms with Crippen LogP contribution in [0.5, 0.6) is 0 Å². The predicted molar refractivity (Wildman–Crippen MR) is 87.1 cm³/mol. The number of likely N-dealkylation sites (tertiary alicyclic amines) is 1. The Kier molecular flexibility index (Phi) is 5.38. The zero-order valence-corrected chi connectivity index (χ0v) is 14.4. The minimum Gasteiger partial charge on any atom is -0.368 e. The van der Waals surface area contributed by atoms with Gasteiger partial charge in [0.25, 0.3) is 5.91 Å². The highest BCUT2D eigenvalue weighted by Crippen LogP contribution is 2.21. The van der Waals surface area contributed by atoms with E-state index in [0.29, 0.717) is 45.9 Å². The van der Waals surface area contributed by atoms with Crippen LogP contribution in [0.25, 0.3) is 0 Å². The molecule has 3 fully saturated rings. The van der Waals surface area contributed by atoms with Crippen molar-refractivity contribution in [1.82, 2.24) is 14.7 Å². The lowest BCUT2D eigenvalue weighted by atomic mass is 9.95. The Morgan fingerprint density at radius 1 is 0.792 bits per heavy atom. The summed E-state index contributed by atoms with van der Waals surface area (Å²) >= 11 is 0. The van der Waals surface area contributed by atoms with Crippen LogP contribution >= 0.6 is 0 Å². The number of ether oxygens (including phenoxy) is 1. The van der Waals surface area contributed by atoms with Gasteiger partial charge in [-0.2, -0.15) is 0 Å². The molecule has 0 spiro atoms. The Labute approximate surface area is 142 Å². The molecule has 134 valence electrons. The standard InChI is InChI=1S/C17H27N3O4/c1-13(21)18-6-4-14(5-7-18)16(22)19-8-10-20(11-9-19)17(23)15-3-2-12-24-15/h14-15H,2-12H2,1H3. The lowest BCUT2D eigenvalue weighted by Crippen LogP contribution is -2.54. The molecule has 0 saturated carbocycles. The van der Waals surface area contributed by atoms with Crippen molar-refractivity contribution in [1.29, 1.82) is 0 Å². The van der Waals surface area contributed by atoms with Crippen molar-refractivity contribution in [2.75, 3.05) is 45.9 Å². The van der Waals surface area contributed by atoms with Gasteiger partial charge in [-0.05, 0) is 25.7 Å². The second kappa shape index (κ2) is 7.51. The molecule has 0 N–H and O–H groups in total. The fraction of sp³-hybridized carbons (Fsp3) is 0.824. The Hall–Kier alpha value is -1.63. The van der Waals surface area contributed by atoms with Gasteiger partial charge < -0.3 is 19.4 Å². The maximum Gasteiger partial charge on any atom is 0.251 e. The number of piperazine rings is 1. The van der Waals surface area contributed by atoms with Gasteiger partial charge in [-0.3, -0.25) is 14.4 Å². The molecule has 0 aromatic heterocycles. The zero-order chi connectivity index (χ0) is 17.1. The van der Waals surface area contributed by atoms with E-state index in [0.717, 1.165) is 25.7 Å². The largest absolute Gasteiger partial charge is 0.368 e. The van der Waals surface area contributed by atoms with Gasteiger partial charge in [-0.1, -0.05) is 0 Å². The second-order valence-corrected chi connectivity index (χ2v) is 6.93. The molecule has 3 rings (SSSR count). The summed E-state index contributed by atoms with van der Waals surface area (Å²) in [5, 5.41) is 0. The van der Waals surface area contributed by atoms with Gasteiger partial charge in [0.1, 0.15) is 6.10 Å². The van der Waals surface area contributed by atoms with Crippen molar-refractivity contribution in [2.45, 2.75) is 38.7 Å². The van der Waals surface area contributed by atoms with Crippen molar-refractivity contribution in [3.63, 3.8) is 0 Å². The van der Waals surface area contributed by atoms with Gasteiger partial charge in [0.05, 0.1) is 0 Å². The SMILES string of the molecule is CC(=O)N1CCC(C(=O)N2CCN(C(=O)C3CCCO3)CC2)CC1. The molecule has 7 nitrogen and oxygen atoms in total. The van der Waals surface area contributed by atoms with Gasteiger partial charge in [-0.25, -0.2) is 0 Å².